The van der Waals surface area contributed by atoms with E-state index in [-0.39, 0.29) is 18.1 Å². The third kappa shape index (κ3) is 3.78. The van der Waals surface area contributed by atoms with Gasteiger partial charge in [0, 0.05) is 6.54 Å². The Kier molecular flexibility index (Phi) is 6.20. The molecule has 0 bridgehead atoms. The minimum atomic E-state index is -0.500. The molecule has 0 spiro atoms. The van der Waals surface area contributed by atoms with Crippen LogP contribution in [0.5, 0.6) is 0 Å². The molecule has 2 aromatic heterocycles. The first kappa shape index (κ1) is 21.1. The van der Waals surface area contributed by atoms with Crippen LogP contribution in [0, 0.1) is 13.8 Å². The fourth-order valence-corrected chi connectivity index (χ4v) is 3.15. The van der Waals surface area contributed by atoms with Gasteiger partial charge in [-0.1, -0.05) is 18.2 Å². The van der Waals surface area contributed by atoms with E-state index in [1.54, 1.807) is 23.2 Å². The zero-order valence-electron chi connectivity index (χ0n) is 17.8. The molecule has 2 N–H and O–H groups in total. The van der Waals surface area contributed by atoms with E-state index in [9.17, 15) is 4.79 Å². The maximum atomic E-state index is 12.7. The highest BCUT2D eigenvalue weighted by atomic mass is 16.5. The Hall–Kier alpha value is -3.62. The van der Waals surface area contributed by atoms with E-state index in [2.05, 4.69) is 15.2 Å². The van der Waals surface area contributed by atoms with Gasteiger partial charge < -0.3 is 15.2 Å². The van der Waals surface area contributed by atoms with Crippen LogP contribution in [0.4, 0.5) is 11.5 Å². The number of hydrogen-bond donors (Lipinski definition) is 1. The first-order valence-electron chi connectivity index (χ1n) is 9.70. The Morgan fingerprint density at radius 2 is 1.83 bits per heavy atom. The van der Waals surface area contributed by atoms with Gasteiger partial charge in [0.2, 0.25) is 5.90 Å². The number of aliphatic imine (C=N–C) groups is 1. The molecule has 0 saturated carbocycles. The second-order valence-electron chi connectivity index (χ2n) is 6.54. The summed E-state index contributed by atoms with van der Waals surface area (Å²) in [6.07, 6.45) is 0. The topological polar surface area (TPSA) is 110 Å². The summed E-state index contributed by atoms with van der Waals surface area (Å²) < 4.78 is 14.1. The van der Waals surface area contributed by atoms with Gasteiger partial charge in [-0.3, -0.25) is 4.68 Å². The van der Waals surface area contributed by atoms with Crippen molar-refractivity contribution in [3.05, 3.63) is 53.0 Å². The summed E-state index contributed by atoms with van der Waals surface area (Å²) in [5, 5.41) is 8.96. The number of para-hydroxylation sites is 1. The molecule has 9 heteroatoms. The lowest BCUT2D eigenvalue weighted by molar-refractivity contribution is 0.0526. The number of carbonyl (C=O) groups is 1. The molecule has 0 aliphatic heterocycles. The largest absolute Gasteiger partial charge is 0.479 e. The molecular weight excluding hydrogens is 384 g/mol. The van der Waals surface area contributed by atoms with Gasteiger partial charge in [-0.2, -0.15) is 15.2 Å². The van der Waals surface area contributed by atoms with Crippen LogP contribution >= 0.6 is 0 Å². The van der Waals surface area contributed by atoms with E-state index >= 15 is 0 Å². The van der Waals surface area contributed by atoms with Crippen molar-refractivity contribution in [1.82, 2.24) is 19.6 Å². The highest BCUT2D eigenvalue weighted by molar-refractivity contribution is 6.02. The number of aryl methyl sites for hydroxylation is 3. The maximum Gasteiger partial charge on any atom is 0.343 e. The molecule has 0 aliphatic carbocycles. The van der Waals surface area contributed by atoms with E-state index < -0.39 is 5.97 Å². The fourth-order valence-electron chi connectivity index (χ4n) is 3.15. The molecule has 0 amide bonds. The molecule has 30 heavy (non-hydrogen) atoms. The van der Waals surface area contributed by atoms with Gasteiger partial charge in [0.1, 0.15) is 11.3 Å². The predicted molar refractivity (Wildman–Crippen MR) is 115 cm³/mol. The van der Waals surface area contributed by atoms with Crippen LogP contribution in [0.25, 0.3) is 5.69 Å². The van der Waals surface area contributed by atoms with E-state index in [4.69, 9.17) is 15.2 Å². The minimum absolute atomic E-state index is 0.234. The zero-order chi connectivity index (χ0) is 21.8. The third-order valence-electron chi connectivity index (χ3n) is 4.59. The third-order valence-corrected chi connectivity index (χ3v) is 4.59. The van der Waals surface area contributed by atoms with Crippen molar-refractivity contribution in [2.24, 2.45) is 4.99 Å². The number of nitrogen functional groups attached to an aromatic ring is 1. The minimum Gasteiger partial charge on any atom is -0.479 e. The molecule has 158 valence electrons. The second-order valence-corrected chi connectivity index (χ2v) is 6.54. The Balaban J connectivity index is 2.28. The van der Waals surface area contributed by atoms with Crippen LogP contribution in [-0.2, 0) is 16.0 Å². The summed E-state index contributed by atoms with van der Waals surface area (Å²) >= 11 is 0. The van der Waals surface area contributed by atoms with Gasteiger partial charge in [0.25, 0.3) is 0 Å². The van der Waals surface area contributed by atoms with E-state index in [1.807, 2.05) is 44.2 Å². The second kappa shape index (κ2) is 8.81. The fraction of sp³-hybridized carbons (Fsp3) is 0.333. The first-order chi connectivity index (χ1) is 14.4. The Labute approximate surface area is 175 Å². The lowest BCUT2D eigenvalue weighted by Crippen LogP contribution is -2.14. The lowest BCUT2D eigenvalue weighted by Gasteiger charge is -2.10. The lowest BCUT2D eigenvalue weighted by atomic mass is 10.2. The van der Waals surface area contributed by atoms with Crippen molar-refractivity contribution in [3.8, 4) is 5.69 Å². The summed E-state index contributed by atoms with van der Waals surface area (Å²) in [4.78, 5) is 17.4. The van der Waals surface area contributed by atoms with Crippen molar-refractivity contribution >= 4 is 23.4 Å². The molecule has 3 rings (SSSR count). The molecule has 0 aliphatic rings. The van der Waals surface area contributed by atoms with Gasteiger partial charge in [-0.15, -0.1) is 0 Å². The van der Waals surface area contributed by atoms with Gasteiger partial charge in [-0.25, -0.2) is 9.48 Å². The van der Waals surface area contributed by atoms with Crippen LogP contribution < -0.4 is 5.73 Å². The SMILES string of the molecule is CCOC(=O)c1c(C)nn(-c2ccccc2)c1N=C(OC)c1c(N)c(C)nn1CC. The van der Waals surface area contributed by atoms with E-state index in [0.717, 1.165) is 5.69 Å². The predicted octanol–water partition coefficient (Wildman–Crippen LogP) is 3.19. The smallest absolute Gasteiger partial charge is 0.343 e. The molecule has 3 aromatic rings. The number of rotatable bonds is 6. The quantitative estimate of drug-likeness (QED) is 0.380. The van der Waals surface area contributed by atoms with Crippen LogP contribution in [0.2, 0.25) is 0 Å². The number of hydrogen-bond acceptors (Lipinski definition) is 7. The summed E-state index contributed by atoms with van der Waals surface area (Å²) in [6, 6.07) is 9.42. The number of aromatic nitrogens is 4. The number of benzene rings is 1. The van der Waals surface area contributed by atoms with Crippen LogP contribution in [0.3, 0.4) is 0 Å². The number of esters is 1. The molecule has 0 fully saturated rings. The Morgan fingerprint density at radius 3 is 2.43 bits per heavy atom. The highest BCUT2D eigenvalue weighted by Crippen LogP contribution is 2.29. The standard InChI is InChI=1S/C21H26N6O3/c1-6-26-18(17(22)14(4)24-26)20(29-5)23-19-16(21(28)30-7-2)13(3)25-27(19)15-11-9-8-10-12-15/h8-12H,6-7,22H2,1-5H3. The monoisotopic (exact) mass is 410 g/mol. The maximum absolute atomic E-state index is 12.7. The van der Waals surface area contributed by atoms with Gasteiger partial charge in [0.15, 0.2) is 5.82 Å². The van der Waals surface area contributed by atoms with Crippen LogP contribution in [0.1, 0.15) is 41.3 Å². The van der Waals surface area contributed by atoms with Crippen molar-refractivity contribution in [2.45, 2.75) is 34.2 Å². The number of methoxy groups -OCH3 is 1. The van der Waals surface area contributed by atoms with Crippen molar-refractivity contribution in [2.75, 3.05) is 19.5 Å². The highest BCUT2D eigenvalue weighted by Gasteiger charge is 2.26. The molecule has 1 aromatic carbocycles. The number of nitrogens with two attached hydrogens (primary N) is 1. The number of carbonyl (C=O) groups excluding carboxylic acids is 1. The number of ether oxygens (including phenoxy) is 2. The van der Waals surface area contributed by atoms with Crippen LogP contribution in [0.15, 0.2) is 35.3 Å². The van der Waals surface area contributed by atoms with Gasteiger partial charge in [-0.05, 0) is 39.8 Å². The van der Waals surface area contributed by atoms with Crippen molar-refractivity contribution < 1.29 is 14.3 Å². The zero-order valence-corrected chi connectivity index (χ0v) is 17.8. The Bertz CT molecular complexity index is 1080. The molecule has 9 nitrogen and oxygen atoms in total. The number of anilines is 1. The molecule has 0 radical (unpaired) electrons. The average Bonchev–Trinajstić information content (AvgIpc) is 3.22. The number of nitrogens with zero attached hydrogens (tertiary/aromatic N) is 5. The Morgan fingerprint density at radius 1 is 1.13 bits per heavy atom. The molecule has 0 unspecified atom stereocenters. The molecule has 0 atom stereocenters. The summed E-state index contributed by atoms with van der Waals surface area (Å²) in [6.45, 7) is 8.08. The molecular formula is C21H26N6O3. The normalized spacial score (nSPS) is 11.6. The molecule has 0 saturated heterocycles. The van der Waals surface area contributed by atoms with Gasteiger partial charge >= 0.3 is 5.97 Å². The van der Waals surface area contributed by atoms with Crippen molar-refractivity contribution in [1.29, 1.82) is 0 Å². The summed E-state index contributed by atoms with van der Waals surface area (Å²) in [5.74, 6) is 0.0343. The average molecular weight is 410 g/mol. The van der Waals surface area contributed by atoms with Gasteiger partial charge in [0.05, 0.1) is 36.5 Å². The molecule has 2 heterocycles. The van der Waals surface area contributed by atoms with Crippen molar-refractivity contribution in [3.63, 3.8) is 0 Å². The van der Waals surface area contributed by atoms with E-state index in [0.29, 0.717) is 35.1 Å². The summed E-state index contributed by atoms with van der Waals surface area (Å²) in [5.41, 5.74) is 9.46. The van der Waals surface area contributed by atoms with E-state index in [1.165, 1.54) is 7.11 Å². The summed E-state index contributed by atoms with van der Waals surface area (Å²) in [7, 11) is 1.50. The first-order valence-corrected chi connectivity index (χ1v) is 9.70. The van der Waals surface area contributed by atoms with Crippen LogP contribution in [-0.4, -0.2) is 45.1 Å².